The van der Waals surface area contributed by atoms with E-state index in [0.29, 0.717) is 23.9 Å². The molecule has 0 bridgehead atoms. The van der Waals surface area contributed by atoms with Gasteiger partial charge in [0.1, 0.15) is 0 Å². The number of nitrogens with one attached hydrogen (secondary N) is 1. The number of carbonyl (C=O) groups is 2. The van der Waals surface area contributed by atoms with E-state index in [1.807, 2.05) is 42.3 Å². The molecule has 2 aromatic carbocycles. The first-order valence-corrected chi connectivity index (χ1v) is 12.4. The van der Waals surface area contributed by atoms with Crippen molar-refractivity contribution in [2.75, 3.05) is 19.3 Å². The molecule has 4 rings (SSSR count). The summed E-state index contributed by atoms with van der Waals surface area (Å²) in [6, 6.07) is 18.4. The van der Waals surface area contributed by atoms with Gasteiger partial charge in [0.25, 0.3) is 5.91 Å². The third kappa shape index (κ3) is 5.32. The Hall–Kier alpha value is -2.27. The van der Waals surface area contributed by atoms with E-state index < -0.39 is 0 Å². The highest BCUT2D eigenvalue weighted by atomic mass is 32.2. The quantitative estimate of drug-likeness (QED) is 0.591. The zero-order valence-corrected chi connectivity index (χ0v) is 19.1. The second-order valence-corrected chi connectivity index (χ2v) is 9.93. The molecular weight excluding hydrogens is 404 g/mol. The number of thioether (sulfide) groups is 1. The van der Waals surface area contributed by atoms with E-state index in [4.69, 9.17) is 0 Å². The van der Waals surface area contributed by atoms with Crippen molar-refractivity contribution < 1.29 is 9.59 Å². The topological polar surface area (TPSA) is 49.4 Å². The van der Waals surface area contributed by atoms with Crippen LogP contribution in [-0.2, 0) is 10.2 Å². The molecule has 2 aliphatic carbocycles. The van der Waals surface area contributed by atoms with Gasteiger partial charge in [0.2, 0.25) is 5.91 Å². The molecule has 0 heterocycles. The number of rotatable bonds is 8. The van der Waals surface area contributed by atoms with Crippen LogP contribution >= 0.6 is 11.8 Å². The summed E-state index contributed by atoms with van der Waals surface area (Å²) in [4.78, 5) is 28.5. The first-order chi connectivity index (χ1) is 15.1. The maximum absolute atomic E-state index is 13.0. The van der Waals surface area contributed by atoms with Crippen molar-refractivity contribution in [1.29, 1.82) is 0 Å². The number of hydrogen-bond acceptors (Lipinski definition) is 3. The Bertz CT molecular complexity index is 905. The summed E-state index contributed by atoms with van der Waals surface area (Å²) in [5, 5.41) is 3.16. The molecule has 0 aromatic heterocycles. The van der Waals surface area contributed by atoms with Gasteiger partial charge in [-0.2, -0.15) is 0 Å². The van der Waals surface area contributed by atoms with E-state index in [0.717, 1.165) is 30.6 Å². The molecule has 2 aliphatic rings. The Labute approximate surface area is 189 Å². The largest absolute Gasteiger partial charge is 0.351 e. The predicted molar refractivity (Wildman–Crippen MR) is 126 cm³/mol. The maximum Gasteiger partial charge on any atom is 0.252 e. The smallest absolute Gasteiger partial charge is 0.252 e. The standard InChI is InChI=1S/C26H32N2O2S/c1-28(21-12-6-3-7-13-21)24(29)18-31-23-15-9-8-14-22(23)25(30)27-19-26(16-17-26)20-10-4-2-5-11-20/h2,4-5,8-11,14-15,21H,3,6-7,12-13,16-19H2,1H3,(H,27,30). The summed E-state index contributed by atoms with van der Waals surface area (Å²) in [6.45, 7) is 0.651. The Kier molecular flexibility index (Phi) is 7.01. The molecular formula is C26H32N2O2S. The summed E-state index contributed by atoms with van der Waals surface area (Å²) in [5.41, 5.74) is 2.04. The van der Waals surface area contributed by atoms with E-state index in [1.54, 1.807) is 0 Å². The molecule has 0 spiro atoms. The van der Waals surface area contributed by atoms with Gasteiger partial charge < -0.3 is 10.2 Å². The Morgan fingerprint density at radius 1 is 1.00 bits per heavy atom. The van der Waals surface area contributed by atoms with Crippen molar-refractivity contribution in [3.63, 3.8) is 0 Å². The van der Waals surface area contributed by atoms with Crippen molar-refractivity contribution >= 4 is 23.6 Å². The number of benzene rings is 2. The van der Waals surface area contributed by atoms with Gasteiger partial charge in [-0.3, -0.25) is 9.59 Å². The minimum absolute atomic E-state index is 0.0570. The molecule has 2 aromatic rings. The molecule has 0 aliphatic heterocycles. The fourth-order valence-corrected chi connectivity index (χ4v) is 5.52. The lowest BCUT2D eigenvalue weighted by Crippen LogP contribution is -2.39. The summed E-state index contributed by atoms with van der Waals surface area (Å²) in [6.07, 6.45) is 8.13. The molecule has 0 saturated heterocycles. The van der Waals surface area contributed by atoms with Crippen LogP contribution in [-0.4, -0.2) is 42.1 Å². The van der Waals surface area contributed by atoms with Crippen LogP contribution in [0.15, 0.2) is 59.5 Å². The van der Waals surface area contributed by atoms with Crippen LogP contribution in [0.5, 0.6) is 0 Å². The molecule has 4 nitrogen and oxygen atoms in total. The zero-order chi connectivity index (χ0) is 21.7. The van der Waals surface area contributed by atoms with Crippen LogP contribution in [0.4, 0.5) is 0 Å². The second-order valence-electron chi connectivity index (χ2n) is 8.91. The molecule has 2 saturated carbocycles. The third-order valence-corrected chi connectivity index (χ3v) is 7.88. The van der Waals surface area contributed by atoms with Gasteiger partial charge in [-0.1, -0.05) is 61.7 Å². The first-order valence-electron chi connectivity index (χ1n) is 11.4. The van der Waals surface area contributed by atoms with E-state index in [9.17, 15) is 9.59 Å². The number of hydrogen-bond donors (Lipinski definition) is 1. The molecule has 0 atom stereocenters. The van der Waals surface area contributed by atoms with Gasteiger partial charge in [-0.25, -0.2) is 0 Å². The summed E-state index contributed by atoms with van der Waals surface area (Å²) >= 11 is 1.47. The molecule has 2 amide bonds. The third-order valence-electron chi connectivity index (χ3n) is 6.83. The van der Waals surface area contributed by atoms with Crippen LogP contribution in [0, 0.1) is 0 Å². The van der Waals surface area contributed by atoms with Crippen LogP contribution in [0.3, 0.4) is 0 Å². The van der Waals surface area contributed by atoms with Gasteiger partial charge in [0, 0.05) is 29.9 Å². The van der Waals surface area contributed by atoms with Gasteiger partial charge in [-0.05, 0) is 43.4 Å². The number of carbonyl (C=O) groups excluding carboxylic acids is 2. The Morgan fingerprint density at radius 2 is 1.68 bits per heavy atom. The molecule has 1 N–H and O–H groups in total. The van der Waals surface area contributed by atoms with E-state index in [2.05, 4.69) is 29.6 Å². The predicted octanol–water partition coefficient (Wildman–Crippen LogP) is 5.03. The van der Waals surface area contributed by atoms with E-state index in [-0.39, 0.29) is 17.2 Å². The van der Waals surface area contributed by atoms with Crippen molar-refractivity contribution in [3.8, 4) is 0 Å². The number of amides is 2. The Balaban J connectivity index is 1.34. The number of nitrogens with zero attached hydrogens (tertiary/aromatic N) is 1. The molecule has 164 valence electrons. The minimum Gasteiger partial charge on any atom is -0.351 e. The average molecular weight is 437 g/mol. The highest BCUT2D eigenvalue weighted by Crippen LogP contribution is 2.47. The van der Waals surface area contributed by atoms with Crippen molar-refractivity contribution in [1.82, 2.24) is 10.2 Å². The monoisotopic (exact) mass is 436 g/mol. The lowest BCUT2D eigenvalue weighted by molar-refractivity contribution is -0.129. The summed E-state index contributed by atoms with van der Waals surface area (Å²) in [7, 11) is 1.93. The molecule has 31 heavy (non-hydrogen) atoms. The highest BCUT2D eigenvalue weighted by molar-refractivity contribution is 8.00. The van der Waals surface area contributed by atoms with Crippen molar-refractivity contribution in [2.24, 2.45) is 0 Å². The summed E-state index contributed by atoms with van der Waals surface area (Å²) < 4.78 is 0. The van der Waals surface area contributed by atoms with Gasteiger partial charge in [-0.15, -0.1) is 11.8 Å². The van der Waals surface area contributed by atoms with Crippen molar-refractivity contribution in [3.05, 3.63) is 65.7 Å². The molecule has 5 heteroatoms. The van der Waals surface area contributed by atoms with Crippen LogP contribution in [0.1, 0.15) is 60.9 Å². The van der Waals surface area contributed by atoms with Crippen LogP contribution in [0.2, 0.25) is 0 Å². The Morgan fingerprint density at radius 3 is 2.39 bits per heavy atom. The van der Waals surface area contributed by atoms with Crippen LogP contribution in [0.25, 0.3) is 0 Å². The van der Waals surface area contributed by atoms with E-state index in [1.165, 1.54) is 36.6 Å². The summed E-state index contributed by atoms with van der Waals surface area (Å²) in [5.74, 6) is 0.456. The normalized spacial score (nSPS) is 17.7. The fourth-order valence-electron chi connectivity index (χ4n) is 4.55. The zero-order valence-electron chi connectivity index (χ0n) is 18.3. The average Bonchev–Trinajstić information content (AvgIpc) is 3.63. The SMILES string of the molecule is CN(C(=O)CSc1ccccc1C(=O)NCC1(c2ccccc2)CC1)C1CCCCC1. The maximum atomic E-state index is 13.0. The van der Waals surface area contributed by atoms with Gasteiger partial charge >= 0.3 is 0 Å². The van der Waals surface area contributed by atoms with E-state index >= 15 is 0 Å². The molecule has 0 unspecified atom stereocenters. The van der Waals surface area contributed by atoms with Gasteiger partial charge in [0.15, 0.2) is 0 Å². The van der Waals surface area contributed by atoms with Crippen molar-refractivity contribution in [2.45, 2.75) is 61.3 Å². The minimum atomic E-state index is -0.0570. The van der Waals surface area contributed by atoms with Crippen LogP contribution < -0.4 is 5.32 Å². The highest BCUT2D eigenvalue weighted by Gasteiger charge is 2.44. The lowest BCUT2D eigenvalue weighted by Gasteiger charge is -2.31. The fraction of sp³-hybridized carbons (Fsp3) is 0.462. The lowest BCUT2D eigenvalue weighted by atomic mass is 9.94. The second kappa shape index (κ2) is 9.90. The molecule has 0 radical (unpaired) electrons. The van der Waals surface area contributed by atoms with Gasteiger partial charge in [0.05, 0.1) is 11.3 Å². The molecule has 2 fully saturated rings. The first kappa shape index (κ1) is 21.9.